The van der Waals surface area contributed by atoms with Crippen molar-refractivity contribution in [2.45, 2.75) is 0 Å². The molecule has 2 aromatic rings. The van der Waals surface area contributed by atoms with Crippen molar-refractivity contribution in [3.05, 3.63) is 24.3 Å². The van der Waals surface area contributed by atoms with E-state index in [1.165, 1.54) is 28.1 Å². The van der Waals surface area contributed by atoms with Crippen LogP contribution in [0.3, 0.4) is 0 Å². The maximum absolute atomic E-state index is 2.25. The van der Waals surface area contributed by atoms with Crippen LogP contribution in [0.25, 0.3) is 10.9 Å². The summed E-state index contributed by atoms with van der Waals surface area (Å²) in [6.07, 6.45) is 0. The minimum atomic E-state index is 1.19. The molecular weight excluding hydrogens is 248 g/mol. The number of aryl methyl sites for hydroxylation is 1. The zero-order valence-corrected chi connectivity index (χ0v) is 13.6. The Morgan fingerprint density at radius 1 is 0.800 bits per heavy atom. The molecule has 0 atom stereocenters. The SMILES string of the molecule is CN(C)c1ccc2c(N(C)C)cc(N(C)C)[n+](C)c2c1. The van der Waals surface area contributed by atoms with Crippen molar-refractivity contribution in [3.8, 4) is 0 Å². The maximum atomic E-state index is 2.25. The van der Waals surface area contributed by atoms with E-state index in [9.17, 15) is 0 Å². The fourth-order valence-corrected chi connectivity index (χ4v) is 2.51. The zero-order valence-electron chi connectivity index (χ0n) is 13.6. The summed E-state index contributed by atoms with van der Waals surface area (Å²) in [6.45, 7) is 0. The van der Waals surface area contributed by atoms with Gasteiger partial charge in [-0.1, -0.05) is 0 Å². The van der Waals surface area contributed by atoms with Gasteiger partial charge in [0.05, 0.1) is 32.9 Å². The molecule has 1 aromatic carbocycles. The minimum absolute atomic E-state index is 1.19. The molecule has 0 amide bonds. The van der Waals surface area contributed by atoms with Crippen LogP contribution in [0.1, 0.15) is 0 Å². The summed E-state index contributed by atoms with van der Waals surface area (Å²) < 4.78 is 2.25. The molecule has 20 heavy (non-hydrogen) atoms. The Kier molecular flexibility index (Phi) is 3.75. The van der Waals surface area contributed by atoms with Crippen molar-refractivity contribution < 1.29 is 4.57 Å². The van der Waals surface area contributed by atoms with Gasteiger partial charge in [0.1, 0.15) is 5.52 Å². The van der Waals surface area contributed by atoms with Crippen molar-refractivity contribution in [2.24, 2.45) is 7.05 Å². The van der Waals surface area contributed by atoms with E-state index in [4.69, 9.17) is 0 Å². The first kappa shape index (κ1) is 14.4. The zero-order chi connectivity index (χ0) is 15.0. The quantitative estimate of drug-likeness (QED) is 0.793. The normalized spacial score (nSPS) is 10.8. The van der Waals surface area contributed by atoms with Crippen molar-refractivity contribution in [2.75, 3.05) is 57.0 Å². The van der Waals surface area contributed by atoms with Gasteiger partial charge in [-0.15, -0.1) is 0 Å². The van der Waals surface area contributed by atoms with Crippen molar-refractivity contribution in [3.63, 3.8) is 0 Å². The highest BCUT2D eigenvalue weighted by atomic mass is 15.2. The summed E-state index contributed by atoms with van der Waals surface area (Å²) in [5, 5.41) is 1.27. The number of aromatic nitrogens is 1. The average Bonchev–Trinajstić information content (AvgIpc) is 2.37. The third kappa shape index (κ3) is 2.38. The van der Waals surface area contributed by atoms with Crippen LogP contribution in [0, 0.1) is 0 Å². The van der Waals surface area contributed by atoms with E-state index in [0.29, 0.717) is 0 Å². The van der Waals surface area contributed by atoms with E-state index >= 15 is 0 Å². The molecule has 108 valence electrons. The summed E-state index contributed by atoms with van der Waals surface area (Å²) in [4.78, 5) is 6.45. The summed E-state index contributed by atoms with van der Waals surface area (Å²) >= 11 is 0. The Bertz CT molecular complexity index is 630. The highest BCUT2D eigenvalue weighted by molar-refractivity contribution is 5.92. The Morgan fingerprint density at radius 3 is 1.95 bits per heavy atom. The third-order valence-electron chi connectivity index (χ3n) is 3.68. The monoisotopic (exact) mass is 273 g/mol. The minimum Gasteiger partial charge on any atom is -0.378 e. The lowest BCUT2D eigenvalue weighted by Crippen LogP contribution is -2.37. The van der Waals surface area contributed by atoms with Crippen LogP contribution >= 0.6 is 0 Å². The van der Waals surface area contributed by atoms with E-state index < -0.39 is 0 Å². The van der Waals surface area contributed by atoms with Crippen LogP contribution in [0.15, 0.2) is 24.3 Å². The summed E-state index contributed by atoms with van der Waals surface area (Å²) in [6, 6.07) is 8.86. The molecule has 4 nitrogen and oxygen atoms in total. The number of hydrogen-bond donors (Lipinski definition) is 0. The van der Waals surface area contributed by atoms with E-state index in [2.05, 4.69) is 92.9 Å². The number of nitrogens with zero attached hydrogens (tertiary/aromatic N) is 4. The molecule has 0 radical (unpaired) electrons. The summed E-state index contributed by atoms with van der Waals surface area (Å²) in [5.74, 6) is 1.19. The topological polar surface area (TPSA) is 13.6 Å². The van der Waals surface area contributed by atoms with Crippen molar-refractivity contribution in [1.82, 2.24) is 0 Å². The molecule has 0 spiro atoms. The number of benzene rings is 1. The number of fused-ring (bicyclic) bond motifs is 1. The van der Waals surface area contributed by atoms with Crippen molar-refractivity contribution in [1.29, 1.82) is 0 Å². The molecular formula is C16H25N4+. The predicted octanol–water partition coefficient (Wildman–Crippen LogP) is 1.86. The molecule has 2 rings (SSSR count). The smallest absolute Gasteiger partial charge is 0.278 e. The fraction of sp³-hybridized carbons (Fsp3) is 0.438. The Balaban J connectivity index is 2.83. The van der Waals surface area contributed by atoms with E-state index in [-0.39, 0.29) is 0 Å². The highest BCUT2D eigenvalue weighted by Gasteiger charge is 2.18. The van der Waals surface area contributed by atoms with Gasteiger partial charge in [-0.3, -0.25) is 4.90 Å². The number of anilines is 3. The van der Waals surface area contributed by atoms with Crippen LogP contribution < -0.4 is 19.3 Å². The first-order chi connectivity index (χ1) is 9.32. The molecule has 4 heteroatoms. The molecule has 0 unspecified atom stereocenters. The van der Waals surface area contributed by atoms with Crippen LogP contribution in [-0.4, -0.2) is 42.3 Å². The Labute approximate surface area is 121 Å². The first-order valence-corrected chi connectivity index (χ1v) is 6.81. The second-order valence-electron chi connectivity index (χ2n) is 5.83. The van der Waals surface area contributed by atoms with Gasteiger partial charge in [0.25, 0.3) is 5.82 Å². The third-order valence-corrected chi connectivity index (χ3v) is 3.68. The van der Waals surface area contributed by atoms with Crippen LogP contribution in [-0.2, 0) is 7.05 Å². The van der Waals surface area contributed by atoms with E-state index in [0.717, 1.165) is 0 Å². The van der Waals surface area contributed by atoms with Gasteiger partial charge in [-0.25, -0.2) is 4.57 Å². The van der Waals surface area contributed by atoms with Crippen LogP contribution in [0.4, 0.5) is 17.2 Å². The molecule has 0 N–H and O–H groups in total. The molecule has 0 aliphatic carbocycles. The molecule has 0 fully saturated rings. The molecule has 1 heterocycles. The number of hydrogen-bond acceptors (Lipinski definition) is 3. The molecule has 1 aromatic heterocycles. The average molecular weight is 273 g/mol. The second-order valence-corrected chi connectivity index (χ2v) is 5.83. The number of rotatable bonds is 3. The maximum Gasteiger partial charge on any atom is 0.278 e. The van der Waals surface area contributed by atoms with Crippen LogP contribution in [0.2, 0.25) is 0 Å². The van der Waals surface area contributed by atoms with Gasteiger partial charge in [0, 0.05) is 45.3 Å². The van der Waals surface area contributed by atoms with Gasteiger partial charge in [-0.05, 0) is 12.1 Å². The van der Waals surface area contributed by atoms with Gasteiger partial charge in [0.2, 0.25) is 0 Å². The lowest BCUT2D eigenvalue weighted by atomic mass is 10.1. The fourth-order valence-electron chi connectivity index (χ4n) is 2.51. The van der Waals surface area contributed by atoms with Gasteiger partial charge in [-0.2, -0.15) is 0 Å². The first-order valence-electron chi connectivity index (χ1n) is 6.81. The summed E-state index contributed by atoms with van der Waals surface area (Å²) in [7, 11) is 14.6. The van der Waals surface area contributed by atoms with Crippen LogP contribution in [0.5, 0.6) is 0 Å². The van der Waals surface area contributed by atoms with Gasteiger partial charge < -0.3 is 9.80 Å². The van der Waals surface area contributed by atoms with Gasteiger partial charge in [0.15, 0.2) is 0 Å². The lowest BCUT2D eigenvalue weighted by Gasteiger charge is -2.20. The Hall–Kier alpha value is -1.97. The van der Waals surface area contributed by atoms with Gasteiger partial charge >= 0.3 is 0 Å². The largest absolute Gasteiger partial charge is 0.378 e. The standard InChI is InChI=1S/C16H25N4/c1-17(2)12-8-9-13-14(18(3)4)11-16(19(5)6)20(7)15(13)10-12/h8-11H,1-7H3/q+1. The summed E-state index contributed by atoms with van der Waals surface area (Å²) in [5.41, 5.74) is 3.70. The molecule has 0 aliphatic rings. The lowest BCUT2D eigenvalue weighted by molar-refractivity contribution is -0.631. The van der Waals surface area contributed by atoms with E-state index in [1.54, 1.807) is 0 Å². The molecule has 0 saturated heterocycles. The predicted molar refractivity (Wildman–Crippen MR) is 88.1 cm³/mol. The molecule has 0 bridgehead atoms. The second kappa shape index (κ2) is 5.19. The molecule has 0 saturated carbocycles. The highest BCUT2D eigenvalue weighted by Crippen LogP contribution is 2.29. The van der Waals surface area contributed by atoms with E-state index in [1.807, 2.05) is 0 Å². The Morgan fingerprint density at radius 2 is 1.45 bits per heavy atom. The number of pyridine rings is 1. The molecule has 0 aliphatic heterocycles. The van der Waals surface area contributed by atoms with Crippen molar-refractivity contribution >= 4 is 28.1 Å².